The summed E-state index contributed by atoms with van der Waals surface area (Å²) in [6.45, 7) is 0. The van der Waals surface area contributed by atoms with Gasteiger partial charge in [-0.15, -0.1) is 0 Å². The number of rotatable bonds is 3. The van der Waals surface area contributed by atoms with Gasteiger partial charge in [-0.3, -0.25) is 9.79 Å². The van der Waals surface area contributed by atoms with E-state index in [0.29, 0.717) is 5.17 Å². The van der Waals surface area contributed by atoms with E-state index in [-0.39, 0.29) is 28.9 Å². The van der Waals surface area contributed by atoms with Crippen LogP contribution in [0.4, 0.5) is 14.5 Å². The second-order valence-corrected chi connectivity index (χ2v) is 9.26. The topological polar surface area (TPSA) is 70.0 Å². The van der Waals surface area contributed by atoms with Crippen molar-refractivity contribution < 1.29 is 22.0 Å². The van der Waals surface area contributed by atoms with E-state index in [1.165, 1.54) is 15.9 Å². The van der Waals surface area contributed by atoms with E-state index in [0.717, 1.165) is 23.9 Å². The summed E-state index contributed by atoms with van der Waals surface area (Å²) in [4.78, 5) is 19.1. The van der Waals surface area contributed by atoms with Crippen LogP contribution in [0.15, 0.2) is 23.2 Å². The van der Waals surface area contributed by atoms with Crippen LogP contribution in [0.2, 0.25) is 0 Å². The summed E-state index contributed by atoms with van der Waals surface area (Å²) in [5, 5.41) is 0.380. The molecular weight excluding hydrogens is 372 g/mol. The van der Waals surface area contributed by atoms with Gasteiger partial charge in [0.05, 0.1) is 35.0 Å². The molecular formula is C15H17F2N3O3S2. The van der Waals surface area contributed by atoms with Gasteiger partial charge in [0.25, 0.3) is 0 Å². The van der Waals surface area contributed by atoms with E-state index in [1.807, 2.05) is 0 Å². The molecule has 1 saturated heterocycles. The first-order chi connectivity index (χ1) is 11.7. The number of anilines is 1. The third-order valence-corrected chi connectivity index (χ3v) is 6.75. The van der Waals surface area contributed by atoms with Crippen LogP contribution in [-0.4, -0.2) is 67.8 Å². The minimum atomic E-state index is -3.27. The van der Waals surface area contributed by atoms with Crippen LogP contribution in [0.3, 0.4) is 0 Å². The Kier molecular flexibility index (Phi) is 4.76. The first-order valence-corrected chi connectivity index (χ1v) is 10.3. The van der Waals surface area contributed by atoms with Crippen molar-refractivity contribution in [2.45, 2.75) is 12.1 Å². The molecule has 1 amide bonds. The Labute approximate surface area is 148 Å². The van der Waals surface area contributed by atoms with Gasteiger partial charge in [0.1, 0.15) is 11.6 Å². The van der Waals surface area contributed by atoms with Gasteiger partial charge in [-0.1, -0.05) is 11.8 Å². The van der Waals surface area contributed by atoms with Crippen LogP contribution >= 0.6 is 11.8 Å². The molecule has 2 aliphatic rings. The molecule has 1 fully saturated rings. The van der Waals surface area contributed by atoms with Gasteiger partial charge in [0.2, 0.25) is 5.91 Å². The fraction of sp³-hybridized carbons (Fsp3) is 0.467. The molecule has 0 N–H and O–H groups in total. The lowest BCUT2D eigenvalue weighted by atomic mass is 10.1. The number of carbonyl (C=O) groups is 1. The number of aliphatic imine (C=N–C) groups is 1. The van der Waals surface area contributed by atoms with Crippen LogP contribution in [0.25, 0.3) is 0 Å². The molecule has 0 saturated carbocycles. The molecule has 1 aromatic rings. The summed E-state index contributed by atoms with van der Waals surface area (Å²) in [5.41, 5.74) is 0.0644. The van der Waals surface area contributed by atoms with Crippen molar-refractivity contribution in [3.63, 3.8) is 0 Å². The number of hydrogen-bond donors (Lipinski definition) is 0. The largest absolute Gasteiger partial charge is 0.348 e. The highest BCUT2D eigenvalue weighted by atomic mass is 32.2. The Hall–Kier alpha value is -1.68. The highest BCUT2D eigenvalue weighted by Crippen LogP contribution is 2.36. The zero-order valence-corrected chi connectivity index (χ0v) is 15.3. The van der Waals surface area contributed by atoms with Gasteiger partial charge in [-0.05, 0) is 12.1 Å². The molecule has 0 aliphatic carbocycles. The van der Waals surface area contributed by atoms with Crippen molar-refractivity contribution in [1.29, 1.82) is 0 Å². The van der Waals surface area contributed by atoms with Crippen LogP contribution < -0.4 is 4.90 Å². The predicted molar refractivity (Wildman–Crippen MR) is 93.7 cm³/mol. The number of halogens is 2. The molecule has 25 heavy (non-hydrogen) atoms. The third kappa shape index (κ3) is 3.64. The van der Waals surface area contributed by atoms with Crippen molar-refractivity contribution in [3.05, 3.63) is 29.8 Å². The van der Waals surface area contributed by atoms with Crippen molar-refractivity contribution >= 4 is 38.4 Å². The lowest BCUT2D eigenvalue weighted by Gasteiger charge is -2.27. The lowest BCUT2D eigenvalue weighted by Crippen LogP contribution is -2.40. The Bertz CT molecular complexity index is 842. The van der Waals surface area contributed by atoms with Crippen LogP contribution in [-0.2, 0) is 14.6 Å². The minimum absolute atomic E-state index is 0.0644. The standard InChI is InChI=1S/C15H17F2N3O3S2/c1-19(2)14(21)6-24-15-18-11-7-25(22,23)8-13(11)20(15)12-4-3-9(16)5-10(12)17/h3-5,11,13H,6-8H2,1-2H3/t11-,13+/m0/s1. The number of nitrogens with zero attached hydrogens (tertiary/aromatic N) is 3. The Morgan fingerprint density at radius 3 is 2.72 bits per heavy atom. The fourth-order valence-electron chi connectivity index (χ4n) is 2.85. The maximum atomic E-state index is 14.3. The smallest absolute Gasteiger partial charge is 0.232 e. The minimum Gasteiger partial charge on any atom is -0.348 e. The molecule has 0 bridgehead atoms. The van der Waals surface area contributed by atoms with Crippen molar-refractivity contribution in [2.75, 3.05) is 36.3 Å². The monoisotopic (exact) mass is 389 g/mol. The second-order valence-electron chi connectivity index (χ2n) is 6.17. The van der Waals surface area contributed by atoms with Gasteiger partial charge in [-0.2, -0.15) is 0 Å². The summed E-state index contributed by atoms with van der Waals surface area (Å²) in [5.74, 6) is -1.82. The van der Waals surface area contributed by atoms with Gasteiger partial charge >= 0.3 is 0 Å². The number of amides is 1. The lowest BCUT2D eigenvalue weighted by molar-refractivity contribution is -0.125. The van der Waals surface area contributed by atoms with Crippen molar-refractivity contribution in [3.8, 4) is 0 Å². The molecule has 0 unspecified atom stereocenters. The van der Waals surface area contributed by atoms with Crippen LogP contribution in [0.1, 0.15) is 0 Å². The number of carbonyl (C=O) groups excluding carboxylic acids is 1. The molecule has 3 rings (SSSR count). The normalized spacial score (nSPS) is 24.2. The molecule has 0 radical (unpaired) electrons. The molecule has 6 nitrogen and oxygen atoms in total. The number of amidine groups is 1. The average Bonchev–Trinajstić information content (AvgIpc) is 2.96. The van der Waals surface area contributed by atoms with Gasteiger partial charge in [0, 0.05) is 20.2 Å². The van der Waals surface area contributed by atoms with Gasteiger partial charge in [-0.25, -0.2) is 17.2 Å². The van der Waals surface area contributed by atoms with Crippen LogP contribution in [0, 0.1) is 11.6 Å². The van der Waals surface area contributed by atoms with E-state index < -0.39 is 33.6 Å². The van der Waals surface area contributed by atoms with Crippen molar-refractivity contribution in [1.82, 2.24) is 4.90 Å². The molecule has 136 valence electrons. The number of thioether (sulfide) groups is 1. The summed E-state index contributed by atoms with van der Waals surface area (Å²) in [6.07, 6.45) is 0. The second kappa shape index (κ2) is 6.56. The van der Waals surface area contributed by atoms with Crippen LogP contribution in [0.5, 0.6) is 0 Å². The molecule has 10 heteroatoms. The van der Waals surface area contributed by atoms with E-state index in [1.54, 1.807) is 14.1 Å². The SMILES string of the molecule is CN(C)C(=O)CSC1=N[C@H]2CS(=O)(=O)C[C@H]2N1c1ccc(F)cc1F. The number of sulfone groups is 1. The number of fused-ring (bicyclic) bond motifs is 1. The zero-order chi connectivity index (χ0) is 18.4. The quantitative estimate of drug-likeness (QED) is 0.775. The van der Waals surface area contributed by atoms with E-state index in [2.05, 4.69) is 4.99 Å². The molecule has 2 heterocycles. The van der Waals surface area contributed by atoms with E-state index in [4.69, 9.17) is 0 Å². The third-order valence-electron chi connectivity index (χ3n) is 4.10. The van der Waals surface area contributed by atoms with E-state index in [9.17, 15) is 22.0 Å². The summed E-state index contributed by atoms with van der Waals surface area (Å²) < 4.78 is 51.3. The first kappa shape index (κ1) is 18.1. The average molecular weight is 389 g/mol. The molecule has 0 aromatic heterocycles. The Balaban J connectivity index is 1.93. The fourth-order valence-corrected chi connectivity index (χ4v) is 5.79. The van der Waals surface area contributed by atoms with Gasteiger partial charge < -0.3 is 9.80 Å². The number of hydrogen-bond acceptors (Lipinski definition) is 6. The maximum absolute atomic E-state index is 14.3. The van der Waals surface area contributed by atoms with Crippen molar-refractivity contribution in [2.24, 2.45) is 4.99 Å². The molecule has 2 atom stereocenters. The zero-order valence-electron chi connectivity index (χ0n) is 13.6. The predicted octanol–water partition coefficient (Wildman–Crippen LogP) is 1.13. The molecule has 1 aromatic carbocycles. The Morgan fingerprint density at radius 2 is 2.08 bits per heavy atom. The Morgan fingerprint density at radius 1 is 1.36 bits per heavy atom. The first-order valence-electron chi connectivity index (χ1n) is 7.53. The van der Waals surface area contributed by atoms with Gasteiger partial charge in [0.15, 0.2) is 15.0 Å². The highest BCUT2D eigenvalue weighted by Gasteiger charge is 2.47. The summed E-state index contributed by atoms with van der Waals surface area (Å²) in [6, 6.07) is 2.08. The summed E-state index contributed by atoms with van der Waals surface area (Å²) in [7, 11) is -0.0191. The molecule has 0 spiro atoms. The highest BCUT2D eigenvalue weighted by molar-refractivity contribution is 8.14. The summed E-state index contributed by atoms with van der Waals surface area (Å²) >= 11 is 1.12. The maximum Gasteiger partial charge on any atom is 0.232 e. The van der Waals surface area contributed by atoms with E-state index >= 15 is 0 Å². The molecule has 2 aliphatic heterocycles. The number of benzene rings is 1.